The molecule has 52 heavy (non-hydrogen) atoms. The fraction of sp³-hybridized carbons (Fsp3) is 0.474. The Morgan fingerprint density at radius 1 is 1.17 bits per heavy atom. The standard InChI is InChI=1S/C38H44ClFN2O10/c1-20-7-6-8-27(19-44)38(49)17-30(50-36(48)41-38)21(2)35-37(4,52-35)31(51-33(47)15-25-10-9-24(22(3)45)14-28(25)40)16-32(46)42(5)29-13-23(11-20)12-26(18-43)34(29)39/h6-10,12-14,21,27,30-31,35,43-44,49H,11,15-19H2,1-5H3,(H,41,48)/b8-6+,20-7+/t21-,27+,30+,31+,35+,37+,38+/m1/s1. The molecule has 12 nitrogen and oxygen atoms in total. The van der Waals surface area contributed by atoms with Crippen LogP contribution in [-0.4, -0.2) is 82.4 Å². The number of ketones is 1. The van der Waals surface area contributed by atoms with Gasteiger partial charge in [0, 0.05) is 30.9 Å². The number of rotatable bonds is 6. The van der Waals surface area contributed by atoms with E-state index in [2.05, 4.69) is 5.32 Å². The van der Waals surface area contributed by atoms with Crippen molar-refractivity contribution >= 4 is 41.0 Å². The molecule has 0 unspecified atom stereocenters. The largest absolute Gasteiger partial charge is 0.458 e. The van der Waals surface area contributed by atoms with Crippen LogP contribution in [0, 0.1) is 17.7 Å². The molecule has 3 aliphatic heterocycles. The van der Waals surface area contributed by atoms with Crippen molar-refractivity contribution in [1.82, 2.24) is 5.32 Å². The summed E-state index contributed by atoms with van der Waals surface area (Å²) in [6.07, 6.45) is 0.651. The van der Waals surface area contributed by atoms with Crippen LogP contribution in [0.4, 0.5) is 14.9 Å². The van der Waals surface area contributed by atoms with E-state index in [-0.39, 0.29) is 28.4 Å². The summed E-state index contributed by atoms with van der Waals surface area (Å²) in [4.78, 5) is 53.2. The molecule has 2 saturated heterocycles. The van der Waals surface area contributed by atoms with E-state index < -0.39 is 91.3 Å². The zero-order valence-electron chi connectivity index (χ0n) is 29.7. The Labute approximate surface area is 306 Å². The van der Waals surface area contributed by atoms with E-state index in [9.17, 15) is 38.9 Å². The van der Waals surface area contributed by atoms with Crippen LogP contribution in [0.2, 0.25) is 5.02 Å². The summed E-state index contributed by atoms with van der Waals surface area (Å²) < 4.78 is 32.5. The lowest BCUT2D eigenvalue weighted by Gasteiger charge is -2.42. The molecule has 5 rings (SSSR count). The maximum atomic E-state index is 14.9. The summed E-state index contributed by atoms with van der Waals surface area (Å²) in [7, 11) is 1.51. The average molecular weight is 743 g/mol. The maximum Gasteiger partial charge on any atom is 0.409 e. The van der Waals surface area contributed by atoms with Gasteiger partial charge in [-0.15, -0.1) is 0 Å². The van der Waals surface area contributed by atoms with Gasteiger partial charge in [0.05, 0.1) is 42.9 Å². The van der Waals surface area contributed by atoms with Gasteiger partial charge < -0.3 is 34.4 Å². The number of hydrogen-bond acceptors (Lipinski definition) is 10. The van der Waals surface area contributed by atoms with Gasteiger partial charge in [-0.3, -0.25) is 19.7 Å². The summed E-state index contributed by atoms with van der Waals surface area (Å²) in [5, 5.41) is 34.6. The maximum absolute atomic E-state index is 14.9. The monoisotopic (exact) mass is 742 g/mol. The fourth-order valence-corrected chi connectivity index (χ4v) is 7.26. The number of anilines is 1. The van der Waals surface area contributed by atoms with Crippen molar-refractivity contribution in [2.24, 2.45) is 11.8 Å². The molecule has 0 aromatic heterocycles. The van der Waals surface area contributed by atoms with Crippen LogP contribution >= 0.6 is 11.6 Å². The topological polar surface area (TPSA) is 175 Å². The molecule has 2 aromatic rings. The van der Waals surface area contributed by atoms with Gasteiger partial charge in [-0.05, 0) is 56.0 Å². The highest BCUT2D eigenvalue weighted by atomic mass is 35.5. The SMILES string of the molecule is CC(=O)c1ccc(CC(=O)O[C@H]2CC(=O)N(C)c3cc(cc(CO)c3Cl)C/C(C)=C/C=C/[C@@H](CO)[C@@]3(O)C[C@H](OC(=O)N3)[C@@H](C)[C@@H]3O[C@@]23C)c(F)c1. The first-order valence-corrected chi connectivity index (χ1v) is 17.4. The van der Waals surface area contributed by atoms with Crippen LogP contribution in [0.1, 0.15) is 67.6 Å². The zero-order valence-corrected chi connectivity index (χ0v) is 30.4. The first-order chi connectivity index (χ1) is 24.5. The minimum atomic E-state index is -1.89. The summed E-state index contributed by atoms with van der Waals surface area (Å²) in [5.74, 6) is -3.99. The van der Waals surface area contributed by atoms with Crippen LogP contribution in [0.15, 0.2) is 54.1 Å². The second-order valence-electron chi connectivity index (χ2n) is 14.1. The zero-order chi connectivity index (χ0) is 38.1. The van der Waals surface area contributed by atoms with E-state index in [0.29, 0.717) is 17.7 Å². The molecule has 0 spiro atoms. The third-order valence-corrected chi connectivity index (χ3v) is 10.7. The minimum absolute atomic E-state index is 0.0146. The van der Waals surface area contributed by atoms with E-state index in [0.717, 1.165) is 17.2 Å². The van der Waals surface area contributed by atoms with Gasteiger partial charge in [-0.25, -0.2) is 9.18 Å². The van der Waals surface area contributed by atoms with E-state index >= 15 is 0 Å². The van der Waals surface area contributed by atoms with Crippen LogP contribution in [0.5, 0.6) is 0 Å². The van der Waals surface area contributed by atoms with Crippen molar-refractivity contribution in [3.63, 3.8) is 0 Å². The van der Waals surface area contributed by atoms with Crippen molar-refractivity contribution in [3.05, 3.63) is 87.2 Å². The second kappa shape index (κ2) is 15.5. The Bertz CT molecular complexity index is 1820. The number of Topliss-reactive ketones (excluding diaryl/α,β-unsaturated/α-hetero) is 1. The first kappa shape index (κ1) is 39.1. The van der Waals surface area contributed by atoms with E-state index in [1.54, 1.807) is 44.2 Å². The quantitative estimate of drug-likeness (QED) is 0.190. The second-order valence-corrected chi connectivity index (χ2v) is 14.4. The van der Waals surface area contributed by atoms with Crippen molar-refractivity contribution in [2.75, 3.05) is 18.6 Å². The van der Waals surface area contributed by atoms with Gasteiger partial charge in [-0.2, -0.15) is 0 Å². The average Bonchev–Trinajstić information content (AvgIpc) is 3.78. The van der Waals surface area contributed by atoms with Crippen molar-refractivity contribution in [3.8, 4) is 0 Å². The number of fused-ring (bicyclic) bond motifs is 5. The number of alkyl carbamates (subject to hydrolysis) is 1. The molecule has 0 saturated carbocycles. The van der Waals surface area contributed by atoms with Gasteiger partial charge in [-0.1, -0.05) is 60.5 Å². The van der Waals surface area contributed by atoms with Gasteiger partial charge in [0.1, 0.15) is 23.6 Å². The number of carbonyl (C=O) groups is 4. The smallest absolute Gasteiger partial charge is 0.409 e. The molecule has 4 N–H and O–H groups in total. The fourth-order valence-electron chi connectivity index (χ4n) is 6.96. The number of carbonyl (C=O) groups excluding carboxylic acids is 4. The lowest BCUT2D eigenvalue weighted by atomic mass is 9.81. The molecule has 280 valence electrons. The summed E-state index contributed by atoms with van der Waals surface area (Å²) >= 11 is 6.68. The number of aliphatic hydroxyl groups excluding tert-OH is 2. The van der Waals surface area contributed by atoms with Gasteiger partial charge >= 0.3 is 12.1 Å². The normalized spacial score (nSPS) is 31.0. The number of halogens is 2. The number of ether oxygens (including phenoxy) is 3. The number of allylic oxidation sites excluding steroid dienone is 3. The van der Waals surface area contributed by atoms with Gasteiger partial charge in [0.2, 0.25) is 5.91 Å². The highest BCUT2D eigenvalue weighted by Crippen LogP contribution is 2.49. The summed E-state index contributed by atoms with van der Waals surface area (Å²) in [6, 6.07) is 7.22. The number of epoxide rings is 1. The predicted octanol–water partition coefficient (Wildman–Crippen LogP) is 4.33. The third kappa shape index (κ3) is 8.24. The Balaban J connectivity index is 1.53. The van der Waals surface area contributed by atoms with Gasteiger partial charge in [0.15, 0.2) is 11.5 Å². The van der Waals surface area contributed by atoms with E-state index in [4.69, 9.17) is 25.8 Å². The van der Waals surface area contributed by atoms with Crippen LogP contribution < -0.4 is 10.2 Å². The summed E-state index contributed by atoms with van der Waals surface area (Å²) in [5.41, 5.74) is -0.761. The summed E-state index contributed by atoms with van der Waals surface area (Å²) in [6.45, 7) is 5.64. The molecule has 2 amide bonds. The number of aliphatic hydroxyl groups is 3. The highest BCUT2D eigenvalue weighted by molar-refractivity contribution is 6.34. The Kier molecular flexibility index (Phi) is 11.6. The number of nitrogens with one attached hydrogen (secondary N) is 1. The Morgan fingerprint density at radius 3 is 2.56 bits per heavy atom. The lowest BCUT2D eigenvalue weighted by molar-refractivity contribution is -0.153. The van der Waals surface area contributed by atoms with Gasteiger partial charge in [0.25, 0.3) is 0 Å². The van der Waals surface area contributed by atoms with Crippen LogP contribution in [0.25, 0.3) is 0 Å². The van der Waals surface area contributed by atoms with E-state index in [1.165, 1.54) is 31.0 Å². The molecule has 3 heterocycles. The molecule has 7 atom stereocenters. The van der Waals surface area contributed by atoms with Crippen LogP contribution in [0.3, 0.4) is 0 Å². The number of amides is 2. The Hall–Kier alpha value is -4.14. The number of nitrogens with zero attached hydrogens (tertiary/aromatic N) is 1. The number of esters is 1. The molecular formula is C38H44ClFN2O10. The molecule has 4 bridgehead atoms. The van der Waals surface area contributed by atoms with Crippen molar-refractivity contribution < 1.29 is 53.1 Å². The molecule has 14 heteroatoms. The molecular weight excluding hydrogens is 699 g/mol. The lowest BCUT2D eigenvalue weighted by Crippen LogP contribution is -2.62. The molecule has 2 aromatic carbocycles. The molecule has 2 fully saturated rings. The molecule has 0 radical (unpaired) electrons. The highest BCUT2D eigenvalue weighted by Gasteiger charge is 2.64. The van der Waals surface area contributed by atoms with Crippen LogP contribution in [-0.2, 0) is 43.2 Å². The third-order valence-electron chi connectivity index (χ3n) is 10.2. The Morgan fingerprint density at radius 2 is 1.90 bits per heavy atom. The van der Waals surface area contributed by atoms with Crippen molar-refractivity contribution in [2.45, 2.75) is 89.6 Å². The van der Waals surface area contributed by atoms with E-state index in [1.807, 2.05) is 6.92 Å². The minimum Gasteiger partial charge on any atom is -0.458 e. The molecule has 0 aliphatic carbocycles. The first-order valence-electron chi connectivity index (χ1n) is 17.0. The van der Waals surface area contributed by atoms with Crippen molar-refractivity contribution in [1.29, 1.82) is 0 Å². The molecule has 3 aliphatic rings. The number of hydrogen-bond donors (Lipinski definition) is 4. The number of benzene rings is 2. The predicted molar refractivity (Wildman–Crippen MR) is 188 cm³/mol.